The van der Waals surface area contributed by atoms with Gasteiger partial charge in [-0.15, -0.1) is 0 Å². The fourth-order valence-electron chi connectivity index (χ4n) is 3.37. The second kappa shape index (κ2) is 4.63. The molecule has 0 aromatic heterocycles. The van der Waals surface area contributed by atoms with E-state index in [1.165, 1.54) is 38.5 Å². The number of hydrogen-bond acceptors (Lipinski definition) is 2. The minimum absolute atomic E-state index is 0.520. The van der Waals surface area contributed by atoms with E-state index >= 15 is 0 Å². The summed E-state index contributed by atoms with van der Waals surface area (Å²) in [6.45, 7) is 0. The summed E-state index contributed by atoms with van der Waals surface area (Å²) in [6.07, 6.45) is 8.87. The van der Waals surface area contributed by atoms with Crippen molar-refractivity contribution in [2.24, 2.45) is 11.8 Å². The van der Waals surface area contributed by atoms with E-state index in [4.69, 9.17) is 9.47 Å². The van der Waals surface area contributed by atoms with Crippen LogP contribution in [0.3, 0.4) is 0 Å². The predicted octanol–water partition coefficient (Wildman–Crippen LogP) is 2.62. The molecule has 2 nitrogen and oxygen atoms in total. The van der Waals surface area contributed by atoms with Gasteiger partial charge in [0.2, 0.25) is 0 Å². The standard InChI is InChI=1S/C12H22O2/c1-13-10-6-7-11-9(8-10)4-3-5-12(11)14-2/h9-12H,3-8H2,1-2H3. The second-order valence-corrected chi connectivity index (χ2v) is 4.80. The van der Waals surface area contributed by atoms with Crippen molar-refractivity contribution in [3.63, 3.8) is 0 Å². The number of rotatable bonds is 2. The molecule has 0 aromatic carbocycles. The van der Waals surface area contributed by atoms with Crippen LogP contribution in [0.25, 0.3) is 0 Å². The molecule has 82 valence electrons. The van der Waals surface area contributed by atoms with Gasteiger partial charge in [0.15, 0.2) is 0 Å². The molecule has 14 heavy (non-hydrogen) atoms. The summed E-state index contributed by atoms with van der Waals surface area (Å²) in [5, 5.41) is 0. The number of methoxy groups -OCH3 is 2. The summed E-state index contributed by atoms with van der Waals surface area (Å²) >= 11 is 0. The number of hydrogen-bond donors (Lipinski definition) is 0. The molecule has 0 amide bonds. The maximum atomic E-state index is 5.59. The van der Waals surface area contributed by atoms with E-state index in [0.717, 1.165) is 11.8 Å². The van der Waals surface area contributed by atoms with E-state index in [-0.39, 0.29) is 0 Å². The Balaban J connectivity index is 1.96. The van der Waals surface area contributed by atoms with Crippen LogP contribution in [-0.4, -0.2) is 26.4 Å². The highest BCUT2D eigenvalue weighted by atomic mass is 16.5. The van der Waals surface area contributed by atoms with Crippen molar-refractivity contribution in [2.45, 2.75) is 50.7 Å². The van der Waals surface area contributed by atoms with Crippen molar-refractivity contribution in [1.82, 2.24) is 0 Å². The predicted molar refractivity (Wildman–Crippen MR) is 56.3 cm³/mol. The highest BCUT2D eigenvalue weighted by Gasteiger charge is 2.37. The Hall–Kier alpha value is -0.0800. The molecule has 2 saturated carbocycles. The van der Waals surface area contributed by atoms with Gasteiger partial charge in [0.1, 0.15) is 0 Å². The zero-order valence-corrected chi connectivity index (χ0v) is 9.37. The minimum Gasteiger partial charge on any atom is -0.381 e. The second-order valence-electron chi connectivity index (χ2n) is 4.80. The third-order valence-corrected chi connectivity index (χ3v) is 4.17. The van der Waals surface area contributed by atoms with Crippen LogP contribution in [0, 0.1) is 11.8 Å². The third-order valence-electron chi connectivity index (χ3n) is 4.17. The summed E-state index contributed by atoms with van der Waals surface area (Å²) in [6, 6.07) is 0. The van der Waals surface area contributed by atoms with Crippen LogP contribution in [0.1, 0.15) is 38.5 Å². The smallest absolute Gasteiger partial charge is 0.0602 e. The molecule has 4 unspecified atom stereocenters. The Morgan fingerprint density at radius 1 is 0.929 bits per heavy atom. The van der Waals surface area contributed by atoms with E-state index in [1.807, 2.05) is 14.2 Å². The quantitative estimate of drug-likeness (QED) is 0.679. The molecule has 2 aliphatic rings. The lowest BCUT2D eigenvalue weighted by atomic mass is 9.68. The minimum atomic E-state index is 0.520. The lowest BCUT2D eigenvalue weighted by Crippen LogP contribution is -2.39. The molecule has 4 atom stereocenters. The lowest BCUT2D eigenvalue weighted by Gasteiger charge is -2.42. The fraction of sp³-hybridized carbons (Fsp3) is 1.00. The molecule has 0 saturated heterocycles. The van der Waals surface area contributed by atoms with Gasteiger partial charge in [-0.2, -0.15) is 0 Å². The zero-order chi connectivity index (χ0) is 9.97. The zero-order valence-electron chi connectivity index (χ0n) is 9.37. The average molecular weight is 198 g/mol. The van der Waals surface area contributed by atoms with E-state index in [1.54, 1.807) is 0 Å². The monoisotopic (exact) mass is 198 g/mol. The van der Waals surface area contributed by atoms with Gasteiger partial charge in [-0.1, -0.05) is 6.42 Å². The summed E-state index contributed by atoms with van der Waals surface area (Å²) in [4.78, 5) is 0. The third kappa shape index (κ3) is 1.96. The van der Waals surface area contributed by atoms with Gasteiger partial charge in [-0.3, -0.25) is 0 Å². The topological polar surface area (TPSA) is 18.5 Å². The van der Waals surface area contributed by atoms with E-state index in [2.05, 4.69) is 0 Å². The van der Waals surface area contributed by atoms with Crippen LogP contribution in [0.5, 0.6) is 0 Å². The SMILES string of the molecule is COC1CCC2C(CCCC2OC)C1. The molecule has 0 radical (unpaired) electrons. The van der Waals surface area contributed by atoms with Gasteiger partial charge in [-0.05, 0) is 43.9 Å². The molecule has 2 heteroatoms. The van der Waals surface area contributed by atoms with Crippen LogP contribution < -0.4 is 0 Å². The van der Waals surface area contributed by atoms with Crippen LogP contribution in [0.15, 0.2) is 0 Å². The fourth-order valence-corrected chi connectivity index (χ4v) is 3.37. The Bertz CT molecular complexity index is 181. The van der Waals surface area contributed by atoms with Crippen molar-refractivity contribution in [3.8, 4) is 0 Å². The van der Waals surface area contributed by atoms with E-state index < -0.39 is 0 Å². The summed E-state index contributed by atoms with van der Waals surface area (Å²) in [7, 11) is 3.72. The number of ether oxygens (including phenoxy) is 2. The van der Waals surface area contributed by atoms with Gasteiger partial charge in [-0.25, -0.2) is 0 Å². The highest BCUT2D eigenvalue weighted by molar-refractivity contribution is 4.88. The highest BCUT2D eigenvalue weighted by Crippen LogP contribution is 2.42. The molecule has 0 N–H and O–H groups in total. The van der Waals surface area contributed by atoms with Crippen molar-refractivity contribution in [3.05, 3.63) is 0 Å². The van der Waals surface area contributed by atoms with Crippen LogP contribution in [0.4, 0.5) is 0 Å². The van der Waals surface area contributed by atoms with Crippen molar-refractivity contribution < 1.29 is 9.47 Å². The lowest BCUT2D eigenvalue weighted by molar-refractivity contribution is -0.0558. The first-order valence-electron chi connectivity index (χ1n) is 5.90. The van der Waals surface area contributed by atoms with Gasteiger partial charge in [0.05, 0.1) is 12.2 Å². The molecule has 0 aromatic rings. The van der Waals surface area contributed by atoms with Crippen LogP contribution >= 0.6 is 0 Å². The van der Waals surface area contributed by atoms with Crippen molar-refractivity contribution in [1.29, 1.82) is 0 Å². The largest absolute Gasteiger partial charge is 0.381 e. The molecule has 0 aliphatic heterocycles. The van der Waals surface area contributed by atoms with Gasteiger partial charge >= 0.3 is 0 Å². The van der Waals surface area contributed by atoms with Gasteiger partial charge < -0.3 is 9.47 Å². The normalized spacial score (nSPS) is 43.3. The average Bonchev–Trinajstić information content (AvgIpc) is 2.27. The van der Waals surface area contributed by atoms with Crippen LogP contribution in [0.2, 0.25) is 0 Å². The van der Waals surface area contributed by atoms with Crippen LogP contribution in [-0.2, 0) is 9.47 Å². The first-order chi connectivity index (χ1) is 6.85. The number of fused-ring (bicyclic) bond motifs is 1. The maximum absolute atomic E-state index is 5.59. The molecular weight excluding hydrogens is 176 g/mol. The van der Waals surface area contributed by atoms with E-state index in [9.17, 15) is 0 Å². The first kappa shape index (κ1) is 10.4. The van der Waals surface area contributed by atoms with Crippen molar-refractivity contribution >= 4 is 0 Å². The summed E-state index contributed by atoms with van der Waals surface area (Å²) in [5.41, 5.74) is 0. The maximum Gasteiger partial charge on any atom is 0.0602 e. The Labute approximate surface area is 87.0 Å². The summed E-state index contributed by atoms with van der Waals surface area (Å²) < 4.78 is 11.1. The molecule has 2 rings (SSSR count). The molecule has 0 bridgehead atoms. The van der Waals surface area contributed by atoms with Gasteiger partial charge in [0, 0.05) is 14.2 Å². The molecule has 2 fully saturated rings. The van der Waals surface area contributed by atoms with Gasteiger partial charge in [0.25, 0.3) is 0 Å². The Morgan fingerprint density at radius 3 is 2.50 bits per heavy atom. The van der Waals surface area contributed by atoms with Crippen molar-refractivity contribution in [2.75, 3.05) is 14.2 Å². The Kier molecular flexibility index (Phi) is 3.45. The molecule has 0 spiro atoms. The summed E-state index contributed by atoms with van der Waals surface area (Å²) in [5.74, 6) is 1.69. The Morgan fingerprint density at radius 2 is 1.79 bits per heavy atom. The first-order valence-corrected chi connectivity index (χ1v) is 5.90. The molecular formula is C12H22O2. The molecule has 0 heterocycles. The van der Waals surface area contributed by atoms with E-state index in [0.29, 0.717) is 12.2 Å². The molecule has 2 aliphatic carbocycles.